The molecule has 2 unspecified atom stereocenters. The number of aryl methyl sites for hydroxylation is 1. The zero-order valence-electron chi connectivity index (χ0n) is 31.0. The van der Waals surface area contributed by atoms with Crippen LogP contribution in [0.4, 0.5) is 27.9 Å². The number of methoxy groups -OCH3 is 1. The van der Waals surface area contributed by atoms with Crippen LogP contribution in [-0.2, 0) is 4.79 Å². The SMILES string of the molecule is COc1cc(N2CCN(C(=O)NC3(C)CC4CC(C)CC(C4)C3)CC2)ncc1Nc1ncc2c(C)cc(=O)n(-c3cccc(NC(=O)C4CC4)c3)c2n1. The lowest BCUT2D eigenvalue weighted by Gasteiger charge is -2.48. The number of rotatable bonds is 8. The number of hydrogen-bond donors (Lipinski definition) is 3. The van der Waals surface area contributed by atoms with E-state index in [1.807, 2.05) is 36.1 Å². The average Bonchev–Trinajstić information content (AvgIpc) is 3.97. The molecule has 3 saturated carbocycles. The number of amides is 3. The highest BCUT2D eigenvalue weighted by atomic mass is 16.5. The summed E-state index contributed by atoms with van der Waals surface area (Å²) in [5.74, 6) is 3.87. The highest BCUT2D eigenvalue weighted by Gasteiger charge is 2.42. The Hall–Kier alpha value is -5.20. The molecule has 278 valence electrons. The van der Waals surface area contributed by atoms with Crippen LogP contribution in [0.15, 0.2) is 53.6 Å². The van der Waals surface area contributed by atoms with Crippen molar-refractivity contribution in [3.05, 3.63) is 64.7 Å². The molecule has 0 radical (unpaired) electrons. The van der Waals surface area contributed by atoms with Gasteiger partial charge in [0.25, 0.3) is 5.56 Å². The van der Waals surface area contributed by atoms with E-state index in [-0.39, 0.29) is 34.9 Å². The minimum absolute atomic E-state index is 0.00372. The molecule has 3 aliphatic carbocycles. The number of piperazine rings is 1. The Bertz CT molecular complexity index is 2090. The molecule has 4 aliphatic rings. The van der Waals surface area contributed by atoms with E-state index in [1.165, 1.54) is 23.8 Å². The molecule has 3 N–H and O–H groups in total. The molecule has 1 aromatic carbocycles. The molecule has 4 heterocycles. The number of pyridine rings is 2. The van der Waals surface area contributed by atoms with E-state index >= 15 is 0 Å². The summed E-state index contributed by atoms with van der Waals surface area (Å²) in [6.45, 7) is 9.00. The van der Waals surface area contributed by atoms with Crippen molar-refractivity contribution in [3.63, 3.8) is 0 Å². The number of aromatic nitrogens is 4. The molecule has 3 amide bonds. The molecule has 4 fully saturated rings. The number of urea groups is 1. The third-order valence-electron chi connectivity index (χ3n) is 11.5. The van der Waals surface area contributed by atoms with Crippen molar-refractivity contribution >= 4 is 46.1 Å². The molecule has 8 rings (SSSR count). The summed E-state index contributed by atoms with van der Waals surface area (Å²) in [5.41, 5.74) is 2.58. The average molecular weight is 720 g/mol. The second-order valence-electron chi connectivity index (χ2n) is 16.0. The van der Waals surface area contributed by atoms with E-state index in [2.05, 4.69) is 39.7 Å². The molecule has 1 saturated heterocycles. The Kier molecular flexibility index (Phi) is 9.20. The van der Waals surface area contributed by atoms with Crippen LogP contribution in [0.1, 0.15) is 64.4 Å². The van der Waals surface area contributed by atoms with Gasteiger partial charge in [-0.15, -0.1) is 0 Å². The molecule has 2 bridgehead atoms. The molecule has 53 heavy (non-hydrogen) atoms. The van der Waals surface area contributed by atoms with Crippen molar-refractivity contribution in [1.29, 1.82) is 0 Å². The third kappa shape index (κ3) is 7.38. The first-order chi connectivity index (χ1) is 25.5. The third-order valence-corrected chi connectivity index (χ3v) is 11.5. The summed E-state index contributed by atoms with van der Waals surface area (Å²) >= 11 is 0. The fraction of sp³-hybridized carbons (Fsp3) is 0.500. The fourth-order valence-corrected chi connectivity index (χ4v) is 9.03. The van der Waals surface area contributed by atoms with Gasteiger partial charge in [0.15, 0.2) is 5.65 Å². The summed E-state index contributed by atoms with van der Waals surface area (Å²) in [4.78, 5) is 57.4. The van der Waals surface area contributed by atoms with Crippen molar-refractivity contribution in [2.45, 2.75) is 71.3 Å². The second kappa shape index (κ2) is 14.0. The summed E-state index contributed by atoms with van der Waals surface area (Å²) < 4.78 is 7.31. The van der Waals surface area contributed by atoms with Crippen LogP contribution >= 0.6 is 0 Å². The summed E-state index contributed by atoms with van der Waals surface area (Å²) in [7, 11) is 1.60. The Morgan fingerprint density at radius 2 is 1.72 bits per heavy atom. The Labute approximate surface area is 309 Å². The number of fused-ring (bicyclic) bond motifs is 3. The van der Waals surface area contributed by atoms with Crippen LogP contribution < -0.4 is 31.1 Å². The lowest BCUT2D eigenvalue weighted by molar-refractivity contribution is -0.117. The molecular formula is C40H49N9O4. The van der Waals surface area contributed by atoms with Gasteiger partial charge in [0, 0.05) is 67.0 Å². The molecule has 0 spiro atoms. The summed E-state index contributed by atoms with van der Waals surface area (Å²) in [6, 6.07) is 10.7. The molecule has 13 heteroatoms. The number of hydrogen-bond acceptors (Lipinski definition) is 9. The maximum atomic E-state index is 13.4. The number of benzene rings is 1. The first-order valence-electron chi connectivity index (χ1n) is 19.0. The van der Waals surface area contributed by atoms with E-state index < -0.39 is 0 Å². The van der Waals surface area contributed by atoms with Gasteiger partial charge in [0.1, 0.15) is 17.3 Å². The van der Waals surface area contributed by atoms with Crippen LogP contribution in [0, 0.1) is 30.6 Å². The first kappa shape index (κ1) is 34.9. The normalized spacial score (nSPS) is 24.1. The highest BCUT2D eigenvalue weighted by Crippen LogP contribution is 2.46. The van der Waals surface area contributed by atoms with E-state index in [4.69, 9.17) is 14.7 Å². The minimum Gasteiger partial charge on any atom is -0.494 e. The summed E-state index contributed by atoms with van der Waals surface area (Å²) in [6.07, 6.45) is 11.2. The largest absolute Gasteiger partial charge is 0.494 e. The predicted molar refractivity (Wildman–Crippen MR) is 205 cm³/mol. The summed E-state index contributed by atoms with van der Waals surface area (Å²) in [5, 5.41) is 10.4. The van der Waals surface area contributed by atoms with Crippen LogP contribution in [-0.4, -0.2) is 75.2 Å². The van der Waals surface area contributed by atoms with Crippen molar-refractivity contribution in [2.75, 3.05) is 48.8 Å². The Morgan fingerprint density at radius 1 is 0.962 bits per heavy atom. The van der Waals surface area contributed by atoms with Crippen LogP contribution in [0.5, 0.6) is 5.75 Å². The van der Waals surface area contributed by atoms with Crippen LogP contribution in [0.2, 0.25) is 0 Å². The number of carbonyl (C=O) groups excluding carboxylic acids is 2. The molecular weight excluding hydrogens is 670 g/mol. The number of nitrogens with zero attached hydrogens (tertiary/aromatic N) is 6. The van der Waals surface area contributed by atoms with Gasteiger partial charge < -0.3 is 30.5 Å². The predicted octanol–water partition coefficient (Wildman–Crippen LogP) is 6.02. The van der Waals surface area contributed by atoms with Gasteiger partial charge in [-0.1, -0.05) is 13.0 Å². The highest BCUT2D eigenvalue weighted by molar-refractivity contribution is 5.94. The molecule has 2 atom stereocenters. The van der Waals surface area contributed by atoms with Gasteiger partial charge in [-0.2, -0.15) is 4.98 Å². The maximum absolute atomic E-state index is 13.4. The minimum atomic E-state index is -0.244. The monoisotopic (exact) mass is 719 g/mol. The Morgan fingerprint density at radius 3 is 2.43 bits per heavy atom. The molecule has 4 aromatic rings. The van der Waals surface area contributed by atoms with E-state index in [1.54, 1.807) is 31.6 Å². The van der Waals surface area contributed by atoms with Crippen molar-refractivity contribution in [1.82, 2.24) is 29.7 Å². The fourth-order valence-electron chi connectivity index (χ4n) is 9.03. The standard InChI is InChI=1S/C40H49N9O4/c1-24-14-26-17-27(15-24)21-40(3,20-26)46-39(52)48-12-10-47(11-13-48)34-19-33(53-4)32(23-41-34)44-38-42-22-31-25(2)16-35(50)49(36(31)45-38)30-7-5-6-29(18-30)43-37(51)28-8-9-28/h5-7,16,18-19,22-24,26-28H,8-15,17,20-21H2,1-4H3,(H,43,51)(H,46,52)(H,42,44,45). The quantitative estimate of drug-likeness (QED) is 0.199. The number of carbonyl (C=O) groups is 2. The molecule has 3 aromatic heterocycles. The van der Waals surface area contributed by atoms with Gasteiger partial charge in [0.05, 0.1) is 19.0 Å². The van der Waals surface area contributed by atoms with Crippen LogP contribution in [0.25, 0.3) is 16.7 Å². The van der Waals surface area contributed by atoms with Crippen molar-refractivity contribution in [3.8, 4) is 11.4 Å². The lowest BCUT2D eigenvalue weighted by Crippen LogP contribution is -2.59. The van der Waals surface area contributed by atoms with E-state index in [0.717, 1.165) is 48.4 Å². The number of nitrogens with one attached hydrogen (secondary N) is 3. The smallest absolute Gasteiger partial charge is 0.317 e. The van der Waals surface area contributed by atoms with Gasteiger partial charge in [-0.25, -0.2) is 14.8 Å². The van der Waals surface area contributed by atoms with E-state index in [9.17, 15) is 14.4 Å². The molecule has 1 aliphatic heterocycles. The van der Waals surface area contributed by atoms with Gasteiger partial charge in [-0.3, -0.25) is 14.2 Å². The second-order valence-corrected chi connectivity index (χ2v) is 16.0. The number of ether oxygens (including phenoxy) is 1. The van der Waals surface area contributed by atoms with Crippen molar-refractivity contribution < 1.29 is 14.3 Å². The van der Waals surface area contributed by atoms with E-state index in [0.29, 0.717) is 66.5 Å². The van der Waals surface area contributed by atoms with Gasteiger partial charge in [-0.05, 0) is 100 Å². The van der Waals surface area contributed by atoms with Crippen LogP contribution in [0.3, 0.4) is 0 Å². The maximum Gasteiger partial charge on any atom is 0.317 e. The first-order valence-corrected chi connectivity index (χ1v) is 19.0. The zero-order valence-corrected chi connectivity index (χ0v) is 31.0. The topological polar surface area (TPSA) is 147 Å². The van der Waals surface area contributed by atoms with Crippen molar-refractivity contribution in [2.24, 2.45) is 23.7 Å². The Balaban J connectivity index is 0.955. The number of anilines is 4. The zero-order chi connectivity index (χ0) is 36.9. The van der Waals surface area contributed by atoms with Gasteiger partial charge >= 0.3 is 6.03 Å². The van der Waals surface area contributed by atoms with Gasteiger partial charge in [0.2, 0.25) is 11.9 Å². The molecule has 13 nitrogen and oxygen atoms in total. The lowest BCUT2D eigenvalue weighted by atomic mass is 9.63.